The Hall–Kier alpha value is -2.77. The number of ether oxygens (including phenoxy) is 2. The highest BCUT2D eigenvalue weighted by atomic mass is 16.6. The number of rotatable bonds is 6. The molecule has 0 bridgehead atoms. The molecule has 1 aromatic carbocycles. The van der Waals surface area contributed by atoms with Crippen molar-refractivity contribution in [1.29, 1.82) is 0 Å². The molecule has 0 radical (unpaired) electrons. The Morgan fingerprint density at radius 2 is 2.00 bits per heavy atom. The Morgan fingerprint density at radius 1 is 1.27 bits per heavy atom. The first-order chi connectivity index (χ1) is 12.5. The molecule has 26 heavy (non-hydrogen) atoms. The van der Waals surface area contributed by atoms with Crippen molar-refractivity contribution >= 4 is 17.8 Å². The van der Waals surface area contributed by atoms with E-state index in [0.29, 0.717) is 36.8 Å². The third-order valence-corrected chi connectivity index (χ3v) is 4.55. The summed E-state index contributed by atoms with van der Waals surface area (Å²) >= 11 is 0. The third-order valence-electron chi connectivity index (χ3n) is 4.55. The molecule has 2 aliphatic rings. The molecule has 2 N–H and O–H groups in total. The van der Waals surface area contributed by atoms with Crippen molar-refractivity contribution in [1.82, 2.24) is 15.5 Å². The first-order valence-electron chi connectivity index (χ1n) is 8.76. The molecule has 1 saturated heterocycles. The highest BCUT2D eigenvalue weighted by molar-refractivity contribution is 6.09. The van der Waals surface area contributed by atoms with Crippen LogP contribution < -0.4 is 20.1 Å². The molecule has 140 valence electrons. The zero-order chi connectivity index (χ0) is 18.7. The number of hydrogen-bond donors (Lipinski definition) is 2. The SMILES string of the molecule is CCCCNC(=O)CN1C(=O)N[C@](C)(c2ccc3c(c2)OCCO3)C1=O. The van der Waals surface area contributed by atoms with Crippen LogP contribution in [0.15, 0.2) is 18.2 Å². The van der Waals surface area contributed by atoms with Crippen molar-refractivity contribution < 1.29 is 23.9 Å². The van der Waals surface area contributed by atoms with Crippen LogP contribution >= 0.6 is 0 Å². The van der Waals surface area contributed by atoms with Crippen LogP contribution in [0.3, 0.4) is 0 Å². The smallest absolute Gasteiger partial charge is 0.325 e. The van der Waals surface area contributed by atoms with Crippen LogP contribution in [0.2, 0.25) is 0 Å². The van der Waals surface area contributed by atoms with Crippen molar-refractivity contribution in [2.45, 2.75) is 32.2 Å². The van der Waals surface area contributed by atoms with Crippen molar-refractivity contribution in [3.8, 4) is 11.5 Å². The normalized spacial score (nSPS) is 21.5. The van der Waals surface area contributed by atoms with Gasteiger partial charge in [-0.1, -0.05) is 19.4 Å². The molecule has 8 heteroatoms. The van der Waals surface area contributed by atoms with Gasteiger partial charge in [0.25, 0.3) is 5.91 Å². The van der Waals surface area contributed by atoms with Gasteiger partial charge < -0.3 is 20.1 Å². The molecule has 2 aliphatic heterocycles. The highest BCUT2D eigenvalue weighted by Gasteiger charge is 2.49. The molecular formula is C18H23N3O5. The molecule has 1 atom stereocenters. The Balaban J connectivity index is 1.75. The van der Waals surface area contributed by atoms with Gasteiger partial charge in [-0.3, -0.25) is 14.5 Å². The lowest BCUT2D eigenvalue weighted by molar-refractivity contribution is -0.134. The summed E-state index contributed by atoms with van der Waals surface area (Å²) < 4.78 is 11.0. The first-order valence-corrected chi connectivity index (χ1v) is 8.76. The molecule has 0 unspecified atom stereocenters. The van der Waals surface area contributed by atoms with E-state index in [1.165, 1.54) is 0 Å². The molecule has 0 aliphatic carbocycles. The average Bonchev–Trinajstić information content (AvgIpc) is 2.85. The maximum atomic E-state index is 12.9. The quantitative estimate of drug-likeness (QED) is 0.585. The minimum atomic E-state index is -1.25. The van der Waals surface area contributed by atoms with Crippen LogP contribution in [0.1, 0.15) is 32.3 Å². The number of amides is 4. The third kappa shape index (κ3) is 3.31. The molecule has 2 heterocycles. The summed E-state index contributed by atoms with van der Waals surface area (Å²) in [6.07, 6.45) is 1.80. The number of imide groups is 1. The first kappa shape index (κ1) is 18.0. The second-order valence-electron chi connectivity index (χ2n) is 6.51. The minimum Gasteiger partial charge on any atom is -0.486 e. The average molecular weight is 361 g/mol. The summed E-state index contributed by atoms with van der Waals surface area (Å²) in [6, 6.07) is 4.54. The van der Waals surface area contributed by atoms with Gasteiger partial charge in [-0.2, -0.15) is 0 Å². The van der Waals surface area contributed by atoms with E-state index in [-0.39, 0.29) is 12.5 Å². The Morgan fingerprint density at radius 3 is 2.73 bits per heavy atom. The van der Waals surface area contributed by atoms with E-state index in [2.05, 4.69) is 10.6 Å². The summed E-state index contributed by atoms with van der Waals surface area (Å²) in [4.78, 5) is 38.1. The molecule has 3 rings (SSSR count). The maximum absolute atomic E-state index is 12.9. The van der Waals surface area contributed by atoms with Crippen LogP contribution in [-0.2, 0) is 15.1 Å². The second kappa shape index (κ2) is 7.23. The number of benzene rings is 1. The summed E-state index contributed by atoms with van der Waals surface area (Å²) in [5.74, 6) is 0.318. The van der Waals surface area contributed by atoms with Crippen molar-refractivity contribution in [2.75, 3.05) is 26.3 Å². The van der Waals surface area contributed by atoms with Crippen LogP contribution in [0.5, 0.6) is 11.5 Å². The lowest BCUT2D eigenvalue weighted by Gasteiger charge is -2.25. The fourth-order valence-electron chi connectivity index (χ4n) is 2.99. The summed E-state index contributed by atoms with van der Waals surface area (Å²) in [5.41, 5.74) is -0.676. The van der Waals surface area contributed by atoms with Crippen molar-refractivity contribution in [2.24, 2.45) is 0 Å². The van der Waals surface area contributed by atoms with Crippen LogP contribution in [0.25, 0.3) is 0 Å². The number of fused-ring (bicyclic) bond motifs is 1. The second-order valence-corrected chi connectivity index (χ2v) is 6.51. The minimum absolute atomic E-state index is 0.297. The van der Waals surface area contributed by atoms with Gasteiger partial charge in [0, 0.05) is 6.54 Å². The van der Waals surface area contributed by atoms with E-state index in [1.807, 2.05) is 6.92 Å². The van der Waals surface area contributed by atoms with Crippen molar-refractivity contribution in [3.05, 3.63) is 23.8 Å². The lowest BCUT2D eigenvalue weighted by Crippen LogP contribution is -2.43. The maximum Gasteiger partial charge on any atom is 0.325 e. The van der Waals surface area contributed by atoms with E-state index in [0.717, 1.165) is 17.7 Å². The van der Waals surface area contributed by atoms with Crippen LogP contribution in [0, 0.1) is 0 Å². The monoisotopic (exact) mass is 361 g/mol. The molecule has 1 fully saturated rings. The number of carbonyl (C=O) groups excluding carboxylic acids is 3. The summed E-state index contributed by atoms with van der Waals surface area (Å²) in [5, 5.41) is 5.40. The summed E-state index contributed by atoms with van der Waals surface area (Å²) in [7, 11) is 0. The fraction of sp³-hybridized carbons (Fsp3) is 0.500. The fourth-order valence-corrected chi connectivity index (χ4v) is 2.99. The molecular weight excluding hydrogens is 338 g/mol. The standard InChI is InChI=1S/C18H23N3O5/c1-3-4-7-19-15(22)11-21-16(23)18(2,20-17(21)24)12-5-6-13-14(10-12)26-9-8-25-13/h5-6,10H,3-4,7-9,11H2,1-2H3,(H,19,22)(H,20,24)/t18-/m1/s1. The largest absolute Gasteiger partial charge is 0.486 e. The van der Waals surface area contributed by atoms with E-state index in [9.17, 15) is 14.4 Å². The molecule has 0 spiro atoms. The lowest BCUT2D eigenvalue weighted by atomic mass is 9.91. The van der Waals surface area contributed by atoms with Crippen LogP contribution in [-0.4, -0.2) is 49.0 Å². The van der Waals surface area contributed by atoms with E-state index in [1.54, 1.807) is 25.1 Å². The van der Waals surface area contributed by atoms with Gasteiger partial charge in [0.1, 0.15) is 25.3 Å². The number of carbonyl (C=O) groups is 3. The zero-order valence-corrected chi connectivity index (χ0v) is 15.0. The Kier molecular flexibility index (Phi) is 5.01. The summed E-state index contributed by atoms with van der Waals surface area (Å²) in [6.45, 7) is 4.76. The molecule has 0 saturated carbocycles. The molecule has 0 aromatic heterocycles. The van der Waals surface area contributed by atoms with Gasteiger partial charge in [-0.15, -0.1) is 0 Å². The van der Waals surface area contributed by atoms with Crippen LogP contribution in [0.4, 0.5) is 4.79 Å². The highest BCUT2D eigenvalue weighted by Crippen LogP contribution is 2.36. The topological polar surface area (TPSA) is 97.0 Å². The Labute approximate surface area is 151 Å². The van der Waals surface area contributed by atoms with Gasteiger partial charge in [-0.25, -0.2) is 4.79 Å². The Bertz CT molecular complexity index is 736. The van der Waals surface area contributed by atoms with Gasteiger partial charge in [0.15, 0.2) is 11.5 Å². The zero-order valence-electron chi connectivity index (χ0n) is 15.0. The number of hydrogen-bond acceptors (Lipinski definition) is 5. The van der Waals surface area contributed by atoms with E-state index in [4.69, 9.17) is 9.47 Å². The number of nitrogens with zero attached hydrogens (tertiary/aromatic N) is 1. The van der Waals surface area contributed by atoms with Gasteiger partial charge in [-0.05, 0) is 31.0 Å². The van der Waals surface area contributed by atoms with E-state index < -0.39 is 17.5 Å². The molecule has 1 aromatic rings. The number of urea groups is 1. The molecule has 4 amide bonds. The van der Waals surface area contributed by atoms with Gasteiger partial charge in [0.2, 0.25) is 5.91 Å². The van der Waals surface area contributed by atoms with E-state index >= 15 is 0 Å². The predicted octanol–water partition coefficient (Wildman–Crippen LogP) is 1.14. The molecule has 8 nitrogen and oxygen atoms in total. The number of nitrogens with one attached hydrogen (secondary N) is 2. The van der Waals surface area contributed by atoms with Gasteiger partial charge >= 0.3 is 6.03 Å². The predicted molar refractivity (Wildman–Crippen MR) is 92.9 cm³/mol. The number of unbranched alkanes of at least 4 members (excludes halogenated alkanes) is 1. The van der Waals surface area contributed by atoms with Crippen molar-refractivity contribution in [3.63, 3.8) is 0 Å². The van der Waals surface area contributed by atoms with Gasteiger partial charge in [0.05, 0.1) is 0 Å².